The van der Waals surface area contributed by atoms with Crippen molar-refractivity contribution in [3.05, 3.63) is 22.5 Å². The van der Waals surface area contributed by atoms with Crippen LogP contribution in [-0.2, 0) is 17.3 Å². The molecule has 0 radical (unpaired) electrons. The Morgan fingerprint density at radius 2 is 2.28 bits per heavy atom. The number of imidazole rings is 1. The highest BCUT2D eigenvalue weighted by Crippen LogP contribution is 2.20. The third-order valence-electron chi connectivity index (χ3n) is 2.95. The van der Waals surface area contributed by atoms with Crippen LogP contribution in [0.3, 0.4) is 0 Å². The molecule has 2 rings (SSSR count). The summed E-state index contributed by atoms with van der Waals surface area (Å²) >= 11 is 1.67. The summed E-state index contributed by atoms with van der Waals surface area (Å²) in [6, 6.07) is 0. The summed E-state index contributed by atoms with van der Waals surface area (Å²) in [4.78, 5) is 5.60. The van der Waals surface area contributed by atoms with Crippen LogP contribution in [0.5, 0.6) is 0 Å². The monoisotopic (exact) mass is 285 g/mol. The first-order chi connectivity index (χ1) is 8.63. The third-order valence-corrected chi connectivity index (χ3v) is 5.20. The summed E-state index contributed by atoms with van der Waals surface area (Å²) < 4.78 is 13.5. The fourth-order valence-electron chi connectivity index (χ4n) is 1.91. The fraction of sp³-hybridized carbons (Fsp3) is 0.583. The number of thiazole rings is 1. The zero-order valence-corrected chi connectivity index (χ0v) is 12.7. The van der Waals surface area contributed by atoms with Crippen LogP contribution < -0.4 is 5.32 Å². The van der Waals surface area contributed by atoms with Crippen LogP contribution >= 0.6 is 11.3 Å². The lowest BCUT2D eigenvalue weighted by Gasteiger charge is -2.05. The van der Waals surface area contributed by atoms with Gasteiger partial charge in [0.25, 0.3) is 0 Å². The van der Waals surface area contributed by atoms with E-state index in [4.69, 9.17) is 0 Å². The van der Waals surface area contributed by atoms with Gasteiger partial charge < -0.3 is 5.32 Å². The zero-order valence-electron chi connectivity index (χ0n) is 11.0. The van der Waals surface area contributed by atoms with E-state index >= 15 is 0 Å². The second-order valence-electron chi connectivity index (χ2n) is 4.25. The van der Waals surface area contributed by atoms with E-state index in [0.717, 1.165) is 35.3 Å². The Morgan fingerprint density at radius 1 is 1.50 bits per heavy atom. The Labute approximate surface area is 114 Å². The lowest BCUT2D eigenvalue weighted by Crippen LogP contribution is -2.21. The van der Waals surface area contributed by atoms with Crippen molar-refractivity contribution in [1.82, 2.24) is 14.7 Å². The average molecular weight is 285 g/mol. The van der Waals surface area contributed by atoms with Gasteiger partial charge in [-0.15, -0.1) is 11.3 Å². The van der Waals surface area contributed by atoms with Crippen LogP contribution in [-0.4, -0.2) is 31.6 Å². The Bertz CT molecular complexity index is 559. The molecule has 1 N–H and O–H groups in total. The minimum atomic E-state index is -0.687. The lowest BCUT2D eigenvalue weighted by atomic mass is 10.3. The van der Waals surface area contributed by atoms with Gasteiger partial charge in [0.15, 0.2) is 4.96 Å². The Morgan fingerprint density at radius 3 is 3.00 bits per heavy atom. The molecule has 2 heterocycles. The topological polar surface area (TPSA) is 46.4 Å². The van der Waals surface area contributed by atoms with Gasteiger partial charge in [-0.2, -0.15) is 0 Å². The molecule has 100 valence electrons. The average Bonchev–Trinajstić information content (AvgIpc) is 2.85. The summed E-state index contributed by atoms with van der Waals surface area (Å²) in [5.41, 5.74) is 3.52. The maximum absolute atomic E-state index is 11.3. The molecular weight excluding hydrogens is 266 g/mol. The van der Waals surface area contributed by atoms with Gasteiger partial charge in [-0.05, 0) is 13.8 Å². The van der Waals surface area contributed by atoms with E-state index in [1.807, 2.05) is 13.8 Å². The number of nitrogens with one attached hydrogen (secondary N) is 1. The molecule has 1 unspecified atom stereocenters. The molecule has 0 aliphatic rings. The van der Waals surface area contributed by atoms with Crippen molar-refractivity contribution in [1.29, 1.82) is 0 Å². The van der Waals surface area contributed by atoms with Gasteiger partial charge in [-0.3, -0.25) is 8.61 Å². The van der Waals surface area contributed by atoms with Crippen molar-refractivity contribution in [2.45, 2.75) is 27.3 Å². The molecule has 0 saturated heterocycles. The van der Waals surface area contributed by atoms with Crippen molar-refractivity contribution < 1.29 is 4.21 Å². The quantitative estimate of drug-likeness (QED) is 0.824. The van der Waals surface area contributed by atoms with E-state index in [0.29, 0.717) is 0 Å². The standard InChI is InChI=1S/C12H19N3OS2/c1-4-18(16)6-5-13-7-11-10(3)14-12-15(11)9(2)8-17-12/h8,13H,4-7H2,1-3H3. The first kappa shape index (κ1) is 13.7. The molecule has 0 saturated carbocycles. The molecule has 18 heavy (non-hydrogen) atoms. The van der Waals surface area contributed by atoms with Crippen molar-refractivity contribution in [2.75, 3.05) is 18.1 Å². The van der Waals surface area contributed by atoms with Crippen LogP contribution in [0.15, 0.2) is 5.38 Å². The second kappa shape index (κ2) is 5.95. The molecule has 0 bridgehead atoms. The largest absolute Gasteiger partial charge is 0.310 e. The number of nitrogens with zero attached hydrogens (tertiary/aromatic N) is 2. The second-order valence-corrected chi connectivity index (χ2v) is 6.95. The number of fused-ring (bicyclic) bond motifs is 1. The molecule has 0 amide bonds. The normalized spacial score (nSPS) is 13.3. The smallest absolute Gasteiger partial charge is 0.194 e. The number of rotatable bonds is 6. The number of aryl methyl sites for hydroxylation is 2. The maximum Gasteiger partial charge on any atom is 0.194 e. The number of aromatic nitrogens is 2. The van der Waals surface area contributed by atoms with Crippen LogP contribution in [0.1, 0.15) is 24.0 Å². The molecular formula is C12H19N3OS2. The fourth-order valence-corrected chi connectivity index (χ4v) is 3.50. The molecule has 0 aliphatic carbocycles. The molecule has 0 spiro atoms. The van der Waals surface area contributed by atoms with Crippen LogP contribution in [0.2, 0.25) is 0 Å². The predicted octanol–water partition coefficient (Wildman–Crippen LogP) is 1.87. The first-order valence-corrected chi connectivity index (χ1v) is 8.48. The van der Waals surface area contributed by atoms with Crippen LogP contribution in [0.4, 0.5) is 0 Å². The highest BCUT2D eigenvalue weighted by Gasteiger charge is 2.11. The molecule has 2 aromatic heterocycles. The van der Waals surface area contributed by atoms with E-state index in [-0.39, 0.29) is 0 Å². The summed E-state index contributed by atoms with van der Waals surface area (Å²) in [5.74, 6) is 1.46. The zero-order chi connectivity index (χ0) is 13.1. The number of hydrogen-bond acceptors (Lipinski definition) is 4. The first-order valence-electron chi connectivity index (χ1n) is 6.11. The van der Waals surface area contributed by atoms with Gasteiger partial charge in [0.1, 0.15) is 0 Å². The van der Waals surface area contributed by atoms with E-state index in [2.05, 4.69) is 27.0 Å². The van der Waals surface area contributed by atoms with Gasteiger partial charge in [-0.25, -0.2) is 4.98 Å². The Balaban J connectivity index is 2.01. The van der Waals surface area contributed by atoms with Crippen LogP contribution in [0, 0.1) is 13.8 Å². The summed E-state index contributed by atoms with van der Waals surface area (Å²) in [5, 5.41) is 5.48. The lowest BCUT2D eigenvalue weighted by molar-refractivity contribution is 0.669. The summed E-state index contributed by atoms with van der Waals surface area (Å²) in [6.45, 7) is 7.66. The predicted molar refractivity (Wildman–Crippen MR) is 77.8 cm³/mol. The third kappa shape index (κ3) is 2.81. The minimum absolute atomic E-state index is 0.687. The molecule has 0 fully saturated rings. The molecule has 2 aromatic rings. The molecule has 6 heteroatoms. The molecule has 0 aromatic carbocycles. The van der Waals surface area contributed by atoms with Gasteiger partial charge in [0.2, 0.25) is 0 Å². The Hall–Kier alpha value is -0.720. The minimum Gasteiger partial charge on any atom is -0.310 e. The van der Waals surface area contributed by atoms with Gasteiger partial charge >= 0.3 is 0 Å². The molecule has 1 atom stereocenters. The van der Waals surface area contributed by atoms with Crippen molar-refractivity contribution >= 4 is 27.1 Å². The van der Waals surface area contributed by atoms with Gasteiger partial charge in [0, 0.05) is 46.5 Å². The maximum atomic E-state index is 11.3. The summed E-state index contributed by atoms with van der Waals surface area (Å²) in [6.07, 6.45) is 0. The van der Waals surface area contributed by atoms with Crippen LogP contribution in [0.25, 0.3) is 4.96 Å². The summed E-state index contributed by atoms with van der Waals surface area (Å²) in [7, 11) is -0.687. The SMILES string of the molecule is CCS(=O)CCNCc1c(C)nc2scc(C)n12. The highest BCUT2D eigenvalue weighted by molar-refractivity contribution is 7.84. The van der Waals surface area contributed by atoms with E-state index in [9.17, 15) is 4.21 Å². The van der Waals surface area contributed by atoms with Crippen molar-refractivity contribution in [3.63, 3.8) is 0 Å². The van der Waals surface area contributed by atoms with E-state index in [1.165, 1.54) is 11.4 Å². The van der Waals surface area contributed by atoms with Crippen molar-refractivity contribution in [2.24, 2.45) is 0 Å². The van der Waals surface area contributed by atoms with E-state index in [1.54, 1.807) is 11.3 Å². The molecule has 0 aliphatic heterocycles. The van der Waals surface area contributed by atoms with Gasteiger partial charge in [-0.1, -0.05) is 6.92 Å². The van der Waals surface area contributed by atoms with Crippen molar-refractivity contribution in [3.8, 4) is 0 Å². The molecule has 4 nitrogen and oxygen atoms in total. The van der Waals surface area contributed by atoms with E-state index < -0.39 is 10.8 Å². The highest BCUT2D eigenvalue weighted by atomic mass is 32.2. The van der Waals surface area contributed by atoms with Gasteiger partial charge in [0.05, 0.1) is 11.4 Å². The number of hydrogen-bond donors (Lipinski definition) is 1. The Kier molecular flexibility index (Phi) is 4.53.